The van der Waals surface area contributed by atoms with Gasteiger partial charge in [0.1, 0.15) is 5.75 Å². The van der Waals surface area contributed by atoms with Gasteiger partial charge in [0.05, 0.1) is 5.69 Å². The Kier molecular flexibility index (Phi) is 5.80. The van der Waals surface area contributed by atoms with Crippen molar-refractivity contribution in [3.05, 3.63) is 54.9 Å². The minimum atomic E-state index is -2.57. The standard InChI is InChI=1S/C17H13F2N3O3S/c18-17(19)26-14-4-2-1-3-13(14)21-15(23)9-24-12-7-5-11(6-8-12)16-22-20-10-25-16/h1-8,10,17H,9H2,(H,21,23). The molecule has 0 atom stereocenters. The number of nitrogens with zero attached hydrogens (tertiary/aromatic N) is 2. The first-order valence-corrected chi connectivity index (χ1v) is 8.33. The van der Waals surface area contributed by atoms with Crippen LogP contribution in [0, 0.1) is 0 Å². The van der Waals surface area contributed by atoms with E-state index in [4.69, 9.17) is 9.15 Å². The molecule has 1 amide bonds. The Morgan fingerprint density at radius 2 is 1.96 bits per heavy atom. The van der Waals surface area contributed by atoms with Gasteiger partial charge in [-0.05, 0) is 36.4 Å². The second-order valence-corrected chi connectivity index (χ2v) is 6.01. The third-order valence-electron chi connectivity index (χ3n) is 3.21. The number of amides is 1. The molecule has 1 N–H and O–H groups in total. The van der Waals surface area contributed by atoms with Gasteiger partial charge >= 0.3 is 0 Å². The molecule has 2 aromatic carbocycles. The van der Waals surface area contributed by atoms with Crippen molar-refractivity contribution < 1.29 is 22.7 Å². The molecule has 26 heavy (non-hydrogen) atoms. The molecule has 6 nitrogen and oxygen atoms in total. The summed E-state index contributed by atoms with van der Waals surface area (Å²) in [6, 6.07) is 13.1. The van der Waals surface area contributed by atoms with Crippen LogP contribution in [0.4, 0.5) is 14.5 Å². The van der Waals surface area contributed by atoms with Crippen LogP contribution in [0.2, 0.25) is 0 Å². The van der Waals surface area contributed by atoms with E-state index < -0.39 is 11.7 Å². The summed E-state index contributed by atoms with van der Waals surface area (Å²) in [6.45, 7) is -0.256. The van der Waals surface area contributed by atoms with E-state index in [0.29, 0.717) is 34.0 Å². The molecule has 0 spiro atoms. The fourth-order valence-electron chi connectivity index (χ4n) is 2.10. The van der Waals surface area contributed by atoms with E-state index in [0.717, 1.165) is 5.56 Å². The molecule has 3 rings (SSSR count). The van der Waals surface area contributed by atoms with Crippen molar-refractivity contribution in [3.63, 3.8) is 0 Å². The van der Waals surface area contributed by atoms with Crippen LogP contribution in [-0.4, -0.2) is 28.5 Å². The number of nitrogens with one attached hydrogen (secondary N) is 1. The first-order chi connectivity index (χ1) is 12.6. The molecule has 0 aliphatic carbocycles. The van der Waals surface area contributed by atoms with Gasteiger partial charge in [-0.3, -0.25) is 4.79 Å². The summed E-state index contributed by atoms with van der Waals surface area (Å²) in [4.78, 5) is 12.3. The minimum Gasteiger partial charge on any atom is -0.484 e. The average molecular weight is 377 g/mol. The largest absolute Gasteiger partial charge is 0.484 e. The lowest BCUT2D eigenvalue weighted by Crippen LogP contribution is -2.20. The van der Waals surface area contributed by atoms with Gasteiger partial charge < -0.3 is 14.5 Å². The third-order valence-corrected chi connectivity index (χ3v) is 4.00. The number of carbonyl (C=O) groups is 1. The lowest BCUT2D eigenvalue weighted by Gasteiger charge is -2.11. The molecule has 0 unspecified atom stereocenters. The van der Waals surface area contributed by atoms with Crippen LogP contribution in [0.25, 0.3) is 11.5 Å². The molecular formula is C17H13F2N3O3S. The summed E-state index contributed by atoms with van der Waals surface area (Å²) in [7, 11) is 0. The van der Waals surface area contributed by atoms with Crippen LogP contribution in [0.3, 0.4) is 0 Å². The Labute approximate surface area is 151 Å². The van der Waals surface area contributed by atoms with E-state index in [2.05, 4.69) is 15.5 Å². The second kappa shape index (κ2) is 8.43. The predicted octanol–water partition coefficient (Wildman–Crippen LogP) is 4.07. The topological polar surface area (TPSA) is 77.2 Å². The molecule has 0 aliphatic heterocycles. The number of hydrogen-bond acceptors (Lipinski definition) is 6. The molecule has 0 fully saturated rings. The lowest BCUT2D eigenvalue weighted by atomic mass is 10.2. The molecule has 0 saturated heterocycles. The van der Waals surface area contributed by atoms with Crippen molar-refractivity contribution in [2.45, 2.75) is 10.7 Å². The molecule has 0 aliphatic rings. The Hall–Kier alpha value is -2.94. The quantitative estimate of drug-likeness (QED) is 0.626. The van der Waals surface area contributed by atoms with Gasteiger partial charge in [-0.2, -0.15) is 8.78 Å². The van der Waals surface area contributed by atoms with Gasteiger partial charge in [-0.1, -0.05) is 23.9 Å². The highest BCUT2D eigenvalue weighted by molar-refractivity contribution is 7.99. The summed E-state index contributed by atoms with van der Waals surface area (Å²) in [5.74, 6) is -2.17. The molecule has 0 bridgehead atoms. The zero-order valence-electron chi connectivity index (χ0n) is 13.3. The molecule has 9 heteroatoms. The number of para-hydroxylation sites is 1. The number of alkyl halides is 2. The highest BCUT2D eigenvalue weighted by Gasteiger charge is 2.12. The summed E-state index contributed by atoms with van der Waals surface area (Å²) >= 11 is 0.373. The third kappa shape index (κ3) is 4.79. The monoisotopic (exact) mass is 377 g/mol. The summed E-state index contributed by atoms with van der Waals surface area (Å²) in [5.41, 5.74) is 1.04. The number of anilines is 1. The van der Waals surface area contributed by atoms with Crippen molar-refractivity contribution in [1.29, 1.82) is 0 Å². The highest BCUT2D eigenvalue weighted by atomic mass is 32.2. The smallest absolute Gasteiger partial charge is 0.288 e. The molecule has 1 aromatic heterocycles. The normalized spacial score (nSPS) is 10.7. The van der Waals surface area contributed by atoms with Gasteiger partial charge in [0.15, 0.2) is 6.61 Å². The van der Waals surface area contributed by atoms with E-state index in [-0.39, 0.29) is 6.61 Å². The molecule has 0 saturated carbocycles. The maximum Gasteiger partial charge on any atom is 0.288 e. The van der Waals surface area contributed by atoms with Gasteiger partial charge in [0, 0.05) is 10.5 Å². The number of rotatable bonds is 7. The Morgan fingerprint density at radius 3 is 2.65 bits per heavy atom. The zero-order chi connectivity index (χ0) is 18.4. The Morgan fingerprint density at radius 1 is 1.19 bits per heavy atom. The van der Waals surface area contributed by atoms with E-state index in [1.807, 2.05) is 0 Å². The number of ether oxygens (including phenoxy) is 1. The molecule has 134 valence electrons. The number of hydrogen-bond donors (Lipinski definition) is 1. The van der Waals surface area contributed by atoms with E-state index in [1.165, 1.54) is 12.5 Å². The SMILES string of the molecule is O=C(COc1ccc(-c2nnco2)cc1)Nc1ccccc1SC(F)F. The Balaban J connectivity index is 1.56. The van der Waals surface area contributed by atoms with E-state index in [1.54, 1.807) is 42.5 Å². The van der Waals surface area contributed by atoms with Crippen molar-refractivity contribution in [2.24, 2.45) is 0 Å². The number of carbonyl (C=O) groups excluding carboxylic acids is 1. The van der Waals surface area contributed by atoms with Crippen LogP contribution in [-0.2, 0) is 4.79 Å². The van der Waals surface area contributed by atoms with Gasteiger partial charge in [-0.25, -0.2) is 0 Å². The first kappa shape index (κ1) is 17.9. The average Bonchev–Trinajstić information content (AvgIpc) is 3.16. The summed E-state index contributed by atoms with van der Waals surface area (Å²) in [6.07, 6.45) is 1.23. The highest BCUT2D eigenvalue weighted by Crippen LogP contribution is 2.31. The van der Waals surface area contributed by atoms with Gasteiger partial charge in [0.25, 0.3) is 11.7 Å². The maximum absolute atomic E-state index is 12.6. The predicted molar refractivity (Wildman–Crippen MR) is 92.2 cm³/mol. The number of halogens is 2. The van der Waals surface area contributed by atoms with Crippen LogP contribution < -0.4 is 10.1 Å². The number of thioether (sulfide) groups is 1. The van der Waals surface area contributed by atoms with Crippen LogP contribution >= 0.6 is 11.8 Å². The van der Waals surface area contributed by atoms with Gasteiger partial charge in [-0.15, -0.1) is 10.2 Å². The second-order valence-electron chi connectivity index (χ2n) is 4.98. The van der Waals surface area contributed by atoms with Crippen molar-refractivity contribution in [3.8, 4) is 17.2 Å². The van der Waals surface area contributed by atoms with E-state index >= 15 is 0 Å². The molecule has 0 radical (unpaired) electrons. The fourth-order valence-corrected chi connectivity index (χ4v) is 2.69. The molecule has 1 heterocycles. The lowest BCUT2D eigenvalue weighted by molar-refractivity contribution is -0.118. The van der Waals surface area contributed by atoms with Crippen molar-refractivity contribution in [2.75, 3.05) is 11.9 Å². The number of benzene rings is 2. The van der Waals surface area contributed by atoms with Crippen LogP contribution in [0.5, 0.6) is 5.75 Å². The van der Waals surface area contributed by atoms with Crippen molar-refractivity contribution in [1.82, 2.24) is 10.2 Å². The van der Waals surface area contributed by atoms with Crippen LogP contribution in [0.1, 0.15) is 0 Å². The van der Waals surface area contributed by atoms with E-state index in [9.17, 15) is 13.6 Å². The maximum atomic E-state index is 12.6. The first-order valence-electron chi connectivity index (χ1n) is 7.45. The summed E-state index contributed by atoms with van der Waals surface area (Å²) in [5, 5.41) is 9.95. The van der Waals surface area contributed by atoms with Crippen molar-refractivity contribution >= 4 is 23.4 Å². The minimum absolute atomic E-state index is 0.256. The summed E-state index contributed by atoms with van der Waals surface area (Å²) < 4.78 is 35.6. The fraction of sp³-hybridized carbons (Fsp3) is 0.118. The Bertz CT molecular complexity index is 858. The molecule has 3 aromatic rings. The van der Waals surface area contributed by atoms with Gasteiger partial charge in [0.2, 0.25) is 12.3 Å². The molecular weight excluding hydrogens is 364 g/mol. The number of aromatic nitrogens is 2. The van der Waals surface area contributed by atoms with Crippen LogP contribution in [0.15, 0.2) is 64.2 Å². The zero-order valence-corrected chi connectivity index (χ0v) is 14.1.